The minimum atomic E-state index is -4.29. The summed E-state index contributed by atoms with van der Waals surface area (Å²) in [6.07, 6.45) is 2.96. The monoisotopic (exact) mass is 512 g/mol. The van der Waals surface area contributed by atoms with Crippen LogP contribution in [0.3, 0.4) is 0 Å². The van der Waals surface area contributed by atoms with E-state index in [1.54, 1.807) is 36.4 Å². The molecule has 0 amide bonds. The highest BCUT2D eigenvalue weighted by Gasteiger charge is 2.23. The van der Waals surface area contributed by atoms with Gasteiger partial charge in [0.25, 0.3) is 5.69 Å². The second-order valence-corrected chi connectivity index (χ2v) is 9.29. The number of ether oxygens (including phenoxy) is 1. The number of fused-ring (bicyclic) bond motifs is 1. The average molecular weight is 513 g/mol. The number of carbonyl (C=O) groups is 2. The van der Waals surface area contributed by atoms with E-state index in [4.69, 9.17) is 9.15 Å². The highest BCUT2D eigenvalue weighted by Crippen LogP contribution is 2.28. The van der Waals surface area contributed by atoms with Gasteiger partial charge in [0, 0.05) is 28.7 Å². The second kappa shape index (κ2) is 10.4. The van der Waals surface area contributed by atoms with Gasteiger partial charge in [-0.05, 0) is 30.3 Å². The SMILES string of the molecule is O=C(CNS(=O)(=O)c1ccc(NCc2ccco2)c([N+](=O)[O-])c1)OCC(=O)c1c[nH]c2ccccc12. The number of ketones is 1. The standard InChI is InChI=1S/C23H20N4O8S/c28-22(18-12-25-19-6-2-1-5-17(18)19)14-35-23(29)13-26-36(32,33)16-7-8-20(21(10-16)27(30)31)24-11-15-4-3-9-34-15/h1-10,12,24-26H,11,13-14H2. The van der Waals surface area contributed by atoms with Gasteiger partial charge >= 0.3 is 5.97 Å². The number of benzene rings is 2. The molecular formula is C23H20N4O8S. The minimum absolute atomic E-state index is 0.0885. The number of hydrogen-bond donors (Lipinski definition) is 3. The van der Waals surface area contributed by atoms with Crippen LogP contribution in [0.25, 0.3) is 10.9 Å². The lowest BCUT2D eigenvalue weighted by Crippen LogP contribution is -2.31. The van der Waals surface area contributed by atoms with Crippen molar-refractivity contribution in [2.75, 3.05) is 18.5 Å². The lowest BCUT2D eigenvalue weighted by molar-refractivity contribution is -0.384. The highest BCUT2D eigenvalue weighted by molar-refractivity contribution is 7.89. The largest absolute Gasteiger partial charge is 0.467 e. The van der Waals surface area contributed by atoms with Crippen LogP contribution in [0.1, 0.15) is 16.1 Å². The molecular weight excluding hydrogens is 492 g/mol. The zero-order valence-electron chi connectivity index (χ0n) is 18.6. The Morgan fingerprint density at radius 2 is 1.92 bits per heavy atom. The molecule has 0 radical (unpaired) electrons. The van der Waals surface area contributed by atoms with E-state index in [1.807, 2.05) is 4.72 Å². The summed E-state index contributed by atoms with van der Waals surface area (Å²) >= 11 is 0. The fourth-order valence-electron chi connectivity index (χ4n) is 3.39. The Morgan fingerprint density at radius 3 is 2.67 bits per heavy atom. The van der Waals surface area contributed by atoms with E-state index < -0.39 is 50.4 Å². The highest BCUT2D eigenvalue weighted by atomic mass is 32.2. The molecule has 0 aliphatic rings. The average Bonchev–Trinajstić information content (AvgIpc) is 3.54. The Bertz CT molecular complexity index is 1530. The number of aromatic amines is 1. The van der Waals surface area contributed by atoms with Crippen molar-refractivity contribution in [3.63, 3.8) is 0 Å². The number of para-hydroxylation sites is 1. The number of aromatic nitrogens is 1. The van der Waals surface area contributed by atoms with Gasteiger partial charge in [-0.15, -0.1) is 0 Å². The van der Waals surface area contributed by atoms with Crippen molar-refractivity contribution < 1.29 is 32.1 Å². The Morgan fingerprint density at radius 1 is 1.11 bits per heavy atom. The first-order valence-corrected chi connectivity index (χ1v) is 12.0. The van der Waals surface area contributed by atoms with Crippen LogP contribution < -0.4 is 10.0 Å². The molecule has 0 saturated heterocycles. The molecule has 0 saturated carbocycles. The number of H-pyrrole nitrogens is 1. The van der Waals surface area contributed by atoms with Crippen LogP contribution in [-0.4, -0.2) is 43.2 Å². The summed E-state index contributed by atoms with van der Waals surface area (Å²) in [6, 6.07) is 13.7. The third-order valence-corrected chi connectivity index (χ3v) is 6.57. The van der Waals surface area contributed by atoms with Crippen molar-refractivity contribution in [1.29, 1.82) is 0 Å². The van der Waals surface area contributed by atoms with Crippen LogP contribution in [0.5, 0.6) is 0 Å². The number of carbonyl (C=O) groups excluding carboxylic acids is 2. The molecule has 13 heteroatoms. The zero-order chi connectivity index (χ0) is 25.7. The molecule has 186 valence electrons. The molecule has 3 N–H and O–H groups in total. The molecule has 0 aliphatic carbocycles. The molecule has 0 aliphatic heterocycles. The zero-order valence-corrected chi connectivity index (χ0v) is 19.4. The number of nitro groups is 1. The van der Waals surface area contributed by atoms with Gasteiger partial charge in [0.1, 0.15) is 18.0 Å². The number of nitro benzene ring substituents is 1. The van der Waals surface area contributed by atoms with Gasteiger partial charge in [0.05, 0.1) is 22.6 Å². The number of furan rings is 1. The number of rotatable bonds is 11. The van der Waals surface area contributed by atoms with Gasteiger partial charge in [-0.1, -0.05) is 18.2 Å². The van der Waals surface area contributed by atoms with E-state index in [0.717, 1.165) is 17.6 Å². The van der Waals surface area contributed by atoms with Crippen molar-refractivity contribution in [3.05, 3.63) is 88.5 Å². The van der Waals surface area contributed by atoms with Gasteiger partial charge in [-0.3, -0.25) is 19.7 Å². The maximum Gasteiger partial charge on any atom is 0.321 e. The first-order valence-electron chi connectivity index (χ1n) is 10.5. The van der Waals surface area contributed by atoms with Crippen LogP contribution >= 0.6 is 0 Å². The van der Waals surface area contributed by atoms with Gasteiger partial charge < -0.3 is 19.5 Å². The summed E-state index contributed by atoms with van der Waals surface area (Å²) in [5.74, 6) is -0.917. The van der Waals surface area contributed by atoms with Crippen LogP contribution in [0.4, 0.5) is 11.4 Å². The van der Waals surface area contributed by atoms with E-state index in [2.05, 4.69) is 10.3 Å². The fraction of sp³-hybridized carbons (Fsp3) is 0.130. The Balaban J connectivity index is 1.35. The Hall–Kier alpha value is -4.49. The number of Topliss-reactive ketones (excluding diaryl/α,β-unsaturated/α-hetero) is 1. The van der Waals surface area contributed by atoms with Gasteiger partial charge in [0.15, 0.2) is 6.61 Å². The van der Waals surface area contributed by atoms with Crippen molar-refractivity contribution in [3.8, 4) is 0 Å². The molecule has 36 heavy (non-hydrogen) atoms. The molecule has 0 unspecified atom stereocenters. The molecule has 0 bridgehead atoms. The van der Waals surface area contributed by atoms with Crippen LogP contribution in [0.15, 0.2) is 76.4 Å². The molecule has 2 aromatic heterocycles. The molecule has 2 heterocycles. The van der Waals surface area contributed by atoms with Crippen LogP contribution in [-0.2, 0) is 26.1 Å². The van der Waals surface area contributed by atoms with Crippen molar-refractivity contribution >= 4 is 44.1 Å². The topological polar surface area (TPSA) is 174 Å². The molecule has 4 rings (SSSR count). The van der Waals surface area contributed by atoms with Crippen LogP contribution in [0.2, 0.25) is 0 Å². The molecule has 0 spiro atoms. The van der Waals surface area contributed by atoms with Crippen LogP contribution in [0, 0.1) is 10.1 Å². The summed E-state index contributed by atoms with van der Waals surface area (Å²) < 4.78 is 37.3. The summed E-state index contributed by atoms with van der Waals surface area (Å²) in [5.41, 5.74) is 0.699. The summed E-state index contributed by atoms with van der Waals surface area (Å²) in [6.45, 7) is -1.19. The summed E-state index contributed by atoms with van der Waals surface area (Å²) in [7, 11) is -4.29. The minimum Gasteiger partial charge on any atom is -0.467 e. The van der Waals surface area contributed by atoms with E-state index in [-0.39, 0.29) is 12.2 Å². The molecule has 12 nitrogen and oxygen atoms in total. The fourth-order valence-corrected chi connectivity index (χ4v) is 4.38. The molecule has 2 aromatic carbocycles. The third kappa shape index (κ3) is 5.59. The van der Waals surface area contributed by atoms with Crippen molar-refractivity contribution in [2.45, 2.75) is 11.4 Å². The normalized spacial score (nSPS) is 11.3. The summed E-state index contributed by atoms with van der Waals surface area (Å²) in [5, 5.41) is 15.0. The predicted octanol–water partition coefficient (Wildman–Crippen LogP) is 2.99. The maximum absolute atomic E-state index is 12.6. The van der Waals surface area contributed by atoms with Gasteiger partial charge in [-0.2, -0.15) is 4.72 Å². The van der Waals surface area contributed by atoms with E-state index in [0.29, 0.717) is 16.7 Å². The van der Waals surface area contributed by atoms with Gasteiger partial charge in [-0.25, -0.2) is 8.42 Å². The lowest BCUT2D eigenvalue weighted by atomic mass is 10.1. The molecule has 0 fully saturated rings. The quantitative estimate of drug-likeness (QED) is 0.118. The lowest BCUT2D eigenvalue weighted by Gasteiger charge is -2.10. The van der Waals surface area contributed by atoms with E-state index in [9.17, 15) is 28.1 Å². The first kappa shape index (κ1) is 24.6. The number of anilines is 1. The van der Waals surface area contributed by atoms with Crippen molar-refractivity contribution in [1.82, 2.24) is 9.71 Å². The number of nitrogens with zero attached hydrogens (tertiary/aromatic N) is 1. The van der Waals surface area contributed by atoms with Gasteiger partial charge in [0.2, 0.25) is 15.8 Å². The molecule has 4 aromatic rings. The smallest absolute Gasteiger partial charge is 0.321 e. The predicted molar refractivity (Wildman–Crippen MR) is 128 cm³/mol. The van der Waals surface area contributed by atoms with E-state index in [1.165, 1.54) is 18.5 Å². The number of esters is 1. The Kier molecular flexibility index (Phi) is 7.12. The van der Waals surface area contributed by atoms with E-state index >= 15 is 0 Å². The third-order valence-electron chi connectivity index (χ3n) is 5.17. The number of nitrogens with one attached hydrogen (secondary N) is 3. The number of hydrogen-bond acceptors (Lipinski definition) is 9. The first-order chi connectivity index (χ1) is 17.2. The number of sulfonamides is 1. The second-order valence-electron chi connectivity index (χ2n) is 7.53. The maximum atomic E-state index is 12.6. The molecule has 0 atom stereocenters. The Labute approximate surface area is 204 Å². The summed E-state index contributed by atoms with van der Waals surface area (Å²) in [4.78, 5) is 37.7. The van der Waals surface area contributed by atoms with Crippen molar-refractivity contribution in [2.24, 2.45) is 0 Å².